The zero-order valence-electron chi connectivity index (χ0n) is 12.8. The van der Waals surface area contributed by atoms with E-state index in [0.29, 0.717) is 31.6 Å². The van der Waals surface area contributed by atoms with Crippen LogP contribution >= 0.6 is 11.3 Å². The second kappa shape index (κ2) is 6.43. The van der Waals surface area contributed by atoms with Crippen LogP contribution in [-0.2, 0) is 34.2 Å². The molecule has 7 heteroatoms. The van der Waals surface area contributed by atoms with Crippen molar-refractivity contribution in [1.82, 2.24) is 4.31 Å². The molecule has 0 fully saturated rings. The van der Waals surface area contributed by atoms with E-state index in [9.17, 15) is 13.2 Å². The summed E-state index contributed by atoms with van der Waals surface area (Å²) >= 11 is 1.55. The first-order valence-corrected chi connectivity index (χ1v) is 10.0. The van der Waals surface area contributed by atoms with Gasteiger partial charge in [-0.15, -0.1) is 11.3 Å². The minimum atomic E-state index is -3.19. The number of rotatable bonds is 4. The van der Waals surface area contributed by atoms with Crippen LogP contribution in [0.5, 0.6) is 0 Å². The van der Waals surface area contributed by atoms with Gasteiger partial charge in [-0.1, -0.05) is 12.1 Å². The third-order valence-electron chi connectivity index (χ3n) is 3.85. The summed E-state index contributed by atoms with van der Waals surface area (Å²) in [4.78, 5) is 13.1. The molecule has 2 heterocycles. The predicted molar refractivity (Wildman–Crippen MR) is 92.1 cm³/mol. The van der Waals surface area contributed by atoms with Gasteiger partial charge in [0.1, 0.15) is 0 Å². The fraction of sp³-hybridized carbons (Fsp3) is 0.312. The highest BCUT2D eigenvalue weighted by atomic mass is 32.2. The van der Waals surface area contributed by atoms with Crippen molar-refractivity contribution >= 4 is 33.0 Å². The Kier molecular flexibility index (Phi) is 4.52. The average Bonchev–Trinajstić information content (AvgIpc) is 2.98. The zero-order valence-corrected chi connectivity index (χ0v) is 14.4. The molecule has 1 aliphatic heterocycles. The number of sulfonamides is 1. The maximum atomic E-state index is 12.1. The molecular weight excluding hydrogens is 332 g/mol. The van der Waals surface area contributed by atoms with Crippen LogP contribution in [0.1, 0.15) is 16.0 Å². The number of fused-ring (bicyclic) bond motifs is 1. The van der Waals surface area contributed by atoms with Crippen LogP contribution in [0, 0.1) is 0 Å². The van der Waals surface area contributed by atoms with Crippen LogP contribution in [0.15, 0.2) is 35.7 Å². The molecule has 1 aromatic heterocycles. The third kappa shape index (κ3) is 3.99. The summed E-state index contributed by atoms with van der Waals surface area (Å²) in [5, 5.41) is 4.83. The molecule has 1 aliphatic rings. The highest BCUT2D eigenvalue weighted by Gasteiger charge is 2.23. The van der Waals surface area contributed by atoms with E-state index in [1.165, 1.54) is 10.6 Å². The second-order valence-electron chi connectivity index (χ2n) is 5.63. The van der Waals surface area contributed by atoms with Crippen molar-refractivity contribution in [3.63, 3.8) is 0 Å². The van der Waals surface area contributed by atoms with Crippen LogP contribution in [0.2, 0.25) is 0 Å². The number of thiophene rings is 1. The number of nitrogens with zero attached hydrogens (tertiary/aromatic N) is 1. The molecule has 1 amide bonds. The standard InChI is InChI=1S/C16H18N2O3S2/c1-23(20,21)18-7-6-12-4-5-14(9-13(12)11-18)17-16(19)10-15-3-2-8-22-15/h2-5,8-9H,6-7,10-11H2,1H3,(H,17,19). The van der Waals surface area contributed by atoms with E-state index < -0.39 is 10.0 Å². The summed E-state index contributed by atoms with van der Waals surface area (Å²) in [6.45, 7) is 0.874. The summed E-state index contributed by atoms with van der Waals surface area (Å²) in [6.07, 6.45) is 2.28. The molecule has 2 aromatic rings. The van der Waals surface area contributed by atoms with Crippen molar-refractivity contribution in [2.24, 2.45) is 0 Å². The molecular formula is C16H18N2O3S2. The van der Waals surface area contributed by atoms with Gasteiger partial charge in [0.05, 0.1) is 12.7 Å². The van der Waals surface area contributed by atoms with Crippen molar-refractivity contribution in [2.75, 3.05) is 18.1 Å². The van der Waals surface area contributed by atoms with Crippen molar-refractivity contribution in [3.05, 3.63) is 51.7 Å². The maximum Gasteiger partial charge on any atom is 0.229 e. The van der Waals surface area contributed by atoms with Crippen molar-refractivity contribution < 1.29 is 13.2 Å². The minimum Gasteiger partial charge on any atom is -0.326 e. The lowest BCUT2D eigenvalue weighted by Gasteiger charge is -2.27. The molecule has 0 aliphatic carbocycles. The first-order valence-electron chi connectivity index (χ1n) is 7.31. The van der Waals surface area contributed by atoms with Crippen LogP contribution in [0.25, 0.3) is 0 Å². The predicted octanol–water partition coefficient (Wildman–Crippen LogP) is 2.25. The molecule has 1 N–H and O–H groups in total. The number of carbonyl (C=O) groups is 1. The van der Waals surface area contributed by atoms with Gasteiger partial charge >= 0.3 is 0 Å². The summed E-state index contributed by atoms with van der Waals surface area (Å²) in [6, 6.07) is 9.57. The van der Waals surface area contributed by atoms with Crippen LogP contribution in [0.3, 0.4) is 0 Å². The van der Waals surface area contributed by atoms with E-state index in [0.717, 1.165) is 16.0 Å². The van der Waals surface area contributed by atoms with Crippen LogP contribution in [-0.4, -0.2) is 31.4 Å². The van der Waals surface area contributed by atoms with Crippen molar-refractivity contribution in [3.8, 4) is 0 Å². The lowest BCUT2D eigenvalue weighted by molar-refractivity contribution is -0.115. The Morgan fingerprint density at radius 2 is 2.13 bits per heavy atom. The average molecular weight is 350 g/mol. The number of hydrogen-bond donors (Lipinski definition) is 1. The van der Waals surface area contributed by atoms with Gasteiger partial charge in [-0.25, -0.2) is 8.42 Å². The molecule has 0 atom stereocenters. The highest BCUT2D eigenvalue weighted by molar-refractivity contribution is 7.88. The van der Waals surface area contributed by atoms with E-state index in [2.05, 4.69) is 5.32 Å². The molecule has 23 heavy (non-hydrogen) atoms. The maximum absolute atomic E-state index is 12.1. The molecule has 122 valence electrons. The van der Waals surface area contributed by atoms with E-state index in [4.69, 9.17) is 0 Å². The van der Waals surface area contributed by atoms with E-state index in [1.807, 2.05) is 35.7 Å². The fourth-order valence-electron chi connectivity index (χ4n) is 2.67. The van der Waals surface area contributed by atoms with Gasteiger partial charge < -0.3 is 5.32 Å². The molecule has 1 aromatic carbocycles. The molecule has 0 radical (unpaired) electrons. The summed E-state index contributed by atoms with van der Waals surface area (Å²) in [5.41, 5.74) is 2.80. The van der Waals surface area contributed by atoms with E-state index in [1.54, 1.807) is 11.3 Å². The third-order valence-corrected chi connectivity index (χ3v) is 5.98. The van der Waals surface area contributed by atoms with Gasteiger partial charge in [0, 0.05) is 23.7 Å². The SMILES string of the molecule is CS(=O)(=O)N1CCc2ccc(NC(=O)Cc3cccs3)cc2C1. The Balaban J connectivity index is 1.72. The van der Waals surface area contributed by atoms with Gasteiger partial charge in [0.25, 0.3) is 0 Å². The Hall–Kier alpha value is -1.70. The second-order valence-corrected chi connectivity index (χ2v) is 8.65. The zero-order chi connectivity index (χ0) is 16.4. The molecule has 5 nitrogen and oxygen atoms in total. The number of hydrogen-bond acceptors (Lipinski definition) is 4. The van der Waals surface area contributed by atoms with Crippen molar-refractivity contribution in [2.45, 2.75) is 19.4 Å². The van der Waals surface area contributed by atoms with Gasteiger partial charge in [0.2, 0.25) is 15.9 Å². The lowest BCUT2D eigenvalue weighted by atomic mass is 10.0. The first kappa shape index (κ1) is 16.2. The number of benzene rings is 1. The lowest BCUT2D eigenvalue weighted by Crippen LogP contribution is -2.35. The molecule has 0 unspecified atom stereocenters. The summed E-state index contributed by atoms with van der Waals surface area (Å²) in [5.74, 6) is -0.0665. The fourth-order valence-corrected chi connectivity index (χ4v) is 4.17. The number of amides is 1. The molecule has 0 bridgehead atoms. The van der Waals surface area contributed by atoms with Gasteiger partial charge in [-0.05, 0) is 41.1 Å². The normalized spacial score (nSPS) is 15.2. The molecule has 0 saturated carbocycles. The topological polar surface area (TPSA) is 66.5 Å². The van der Waals surface area contributed by atoms with E-state index >= 15 is 0 Å². The Morgan fingerprint density at radius 1 is 1.30 bits per heavy atom. The van der Waals surface area contributed by atoms with Crippen LogP contribution < -0.4 is 5.32 Å². The molecule has 0 spiro atoms. The van der Waals surface area contributed by atoms with E-state index in [-0.39, 0.29) is 5.91 Å². The van der Waals surface area contributed by atoms with Crippen LogP contribution in [0.4, 0.5) is 5.69 Å². The number of anilines is 1. The monoisotopic (exact) mass is 350 g/mol. The quantitative estimate of drug-likeness (QED) is 0.920. The number of nitrogens with one attached hydrogen (secondary N) is 1. The number of carbonyl (C=O) groups excluding carboxylic acids is 1. The Bertz CT molecular complexity index is 814. The molecule has 0 saturated heterocycles. The molecule has 3 rings (SSSR count). The van der Waals surface area contributed by atoms with Gasteiger partial charge in [-0.3, -0.25) is 4.79 Å². The Labute approximate surface area is 140 Å². The van der Waals surface area contributed by atoms with Gasteiger partial charge in [0.15, 0.2) is 0 Å². The minimum absolute atomic E-state index is 0.0665. The highest BCUT2D eigenvalue weighted by Crippen LogP contribution is 2.24. The smallest absolute Gasteiger partial charge is 0.229 e. The largest absolute Gasteiger partial charge is 0.326 e. The first-order chi connectivity index (χ1) is 10.9. The Morgan fingerprint density at radius 3 is 2.83 bits per heavy atom. The van der Waals surface area contributed by atoms with Gasteiger partial charge in [-0.2, -0.15) is 4.31 Å². The van der Waals surface area contributed by atoms with Crippen molar-refractivity contribution in [1.29, 1.82) is 0 Å². The summed E-state index contributed by atoms with van der Waals surface area (Å²) in [7, 11) is -3.19. The summed E-state index contributed by atoms with van der Waals surface area (Å²) < 4.78 is 24.9.